The van der Waals surface area contributed by atoms with Gasteiger partial charge >= 0.3 is 0 Å². The number of anilines is 3. The minimum absolute atomic E-state index is 1.10. The summed E-state index contributed by atoms with van der Waals surface area (Å²) in [5.41, 5.74) is 17.6. The van der Waals surface area contributed by atoms with Gasteiger partial charge < -0.3 is 4.90 Å². The second-order valence-corrected chi connectivity index (χ2v) is 14.6. The molecule has 0 aliphatic heterocycles. The number of para-hydroxylation sites is 1. The second-order valence-electron chi connectivity index (χ2n) is 14.6. The Labute approximate surface area is 348 Å². The van der Waals surface area contributed by atoms with Crippen LogP contribution in [0.2, 0.25) is 0 Å². The van der Waals surface area contributed by atoms with Gasteiger partial charge in [-0.05, 0) is 115 Å². The fourth-order valence-corrected chi connectivity index (χ4v) is 7.64. The first-order chi connectivity index (χ1) is 29.2. The molecule has 0 amide bonds. The van der Waals surface area contributed by atoms with E-state index in [1.54, 1.807) is 0 Å². The summed E-state index contributed by atoms with van der Waals surface area (Å²) in [6.45, 7) is 0. The Morgan fingerprint density at radius 3 is 0.763 bits per heavy atom. The summed E-state index contributed by atoms with van der Waals surface area (Å²) in [6, 6.07) is 88.5. The normalized spacial score (nSPS) is 10.7. The standard InChI is InChI=1S/C58H43N/c1-6-16-50(17-7-1)57(51-18-8-2-9-19-51)42-44-26-30-46(31-27-44)48-34-38-55(39-35-48)59(54-24-14-5-15-25-54)56-40-36-49(37-41-56)47-32-28-45(29-33-47)43-58(52-20-10-3-11-21-52)53-22-12-4-13-23-53/h1-43H. The van der Waals surface area contributed by atoms with Gasteiger partial charge in [-0.1, -0.05) is 212 Å². The van der Waals surface area contributed by atoms with E-state index in [0.29, 0.717) is 0 Å². The Bertz CT molecular complexity index is 2510. The third kappa shape index (κ3) is 8.66. The Morgan fingerprint density at radius 2 is 0.475 bits per heavy atom. The van der Waals surface area contributed by atoms with Crippen molar-refractivity contribution in [3.63, 3.8) is 0 Å². The molecule has 9 aromatic rings. The lowest BCUT2D eigenvalue weighted by Gasteiger charge is -2.26. The third-order valence-corrected chi connectivity index (χ3v) is 10.7. The molecule has 0 aliphatic rings. The molecule has 0 N–H and O–H groups in total. The van der Waals surface area contributed by atoms with Gasteiger partial charge in [-0.3, -0.25) is 0 Å². The summed E-state index contributed by atoms with van der Waals surface area (Å²) >= 11 is 0. The zero-order valence-electron chi connectivity index (χ0n) is 32.8. The molecule has 0 aromatic heterocycles. The zero-order valence-corrected chi connectivity index (χ0v) is 32.8. The molecule has 0 bridgehead atoms. The SMILES string of the molecule is C(=C(c1ccccc1)c1ccccc1)c1ccc(-c2ccc(N(c3ccccc3)c3ccc(-c4ccc(C=C(c5ccccc5)c5ccccc5)cc4)cc3)cc2)cc1. The number of nitrogens with zero attached hydrogens (tertiary/aromatic N) is 1. The summed E-state index contributed by atoms with van der Waals surface area (Å²) < 4.78 is 0. The van der Waals surface area contributed by atoms with Crippen molar-refractivity contribution in [1.29, 1.82) is 0 Å². The smallest absolute Gasteiger partial charge is 0.0462 e. The van der Waals surface area contributed by atoms with Gasteiger partial charge in [0.2, 0.25) is 0 Å². The van der Waals surface area contributed by atoms with Crippen LogP contribution in [0.1, 0.15) is 33.4 Å². The van der Waals surface area contributed by atoms with Gasteiger partial charge in [0.1, 0.15) is 0 Å². The van der Waals surface area contributed by atoms with Crippen LogP contribution < -0.4 is 4.90 Å². The first-order valence-electron chi connectivity index (χ1n) is 20.2. The molecule has 0 spiro atoms. The van der Waals surface area contributed by atoms with Gasteiger partial charge in [0, 0.05) is 17.1 Å². The van der Waals surface area contributed by atoms with Crippen LogP contribution in [0.15, 0.2) is 249 Å². The van der Waals surface area contributed by atoms with Crippen LogP contribution in [0.5, 0.6) is 0 Å². The molecule has 1 heteroatoms. The quantitative estimate of drug-likeness (QED) is 0.119. The Morgan fingerprint density at radius 1 is 0.237 bits per heavy atom. The first kappa shape index (κ1) is 36.9. The van der Waals surface area contributed by atoms with Crippen LogP contribution in [-0.4, -0.2) is 0 Å². The highest BCUT2D eigenvalue weighted by Crippen LogP contribution is 2.37. The number of benzene rings is 9. The van der Waals surface area contributed by atoms with E-state index >= 15 is 0 Å². The average molecular weight is 754 g/mol. The van der Waals surface area contributed by atoms with Crippen molar-refractivity contribution in [2.45, 2.75) is 0 Å². The van der Waals surface area contributed by atoms with Gasteiger partial charge in [-0.2, -0.15) is 0 Å². The van der Waals surface area contributed by atoms with Gasteiger partial charge in [0.05, 0.1) is 0 Å². The van der Waals surface area contributed by atoms with Gasteiger partial charge in [0.15, 0.2) is 0 Å². The monoisotopic (exact) mass is 753 g/mol. The predicted octanol–water partition coefficient (Wildman–Crippen LogP) is 15.7. The molecule has 0 radical (unpaired) electrons. The van der Waals surface area contributed by atoms with Gasteiger partial charge in [-0.15, -0.1) is 0 Å². The van der Waals surface area contributed by atoms with E-state index in [1.165, 1.54) is 66.8 Å². The number of hydrogen-bond donors (Lipinski definition) is 0. The van der Waals surface area contributed by atoms with Gasteiger partial charge in [-0.25, -0.2) is 0 Å². The van der Waals surface area contributed by atoms with E-state index in [-0.39, 0.29) is 0 Å². The first-order valence-corrected chi connectivity index (χ1v) is 20.2. The molecular formula is C58H43N. The lowest BCUT2D eigenvalue weighted by atomic mass is 9.95. The van der Waals surface area contributed by atoms with Crippen molar-refractivity contribution in [3.05, 3.63) is 282 Å². The lowest BCUT2D eigenvalue weighted by molar-refractivity contribution is 1.28. The second kappa shape index (κ2) is 17.6. The zero-order chi connectivity index (χ0) is 39.6. The molecular weight excluding hydrogens is 711 g/mol. The molecule has 9 aromatic carbocycles. The minimum Gasteiger partial charge on any atom is -0.311 e. The highest BCUT2D eigenvalue weighted by atomic mass is 15.1. The Hall–Kier alpha value is -7.74. The number of rotatable bonds is 11. The van der Waals surface area contributed by atoms with Crippen LogP contribution in [0.4, 0.5) is 17.1 Å². The molecule has 9 rings (SSSR count). The molecule has 1 nitrogen and oxygen atoms in total. The summed E-state index contributed by atoms with van der Waals surface area (Å²) in [5, 5.41) is 0. The van der Waals surface area contributed by atoms with Crippen LogP contribution in [0.25, 0.3) is 45.6 Å². The maximum absolute atomic E-state index is 2.32. The summed E-state index contributed by atoms with van der Waals surface area (Å²) in [6.07, 6.45) is 4.56. The Balaban J connectivity index is 0.956. The van der Waals surface area contributed by atoms with E-state index < -0.39 is 0 Å². The minimum atomic E-state index is 1.10. The Kier molecular flexibility index (Phi) is 11.0. The van der Waals surface area contributed by atoms with Crippen molar-refractivity contribution >= 4 is 40.4 Å². The molecule has 0 unspecified atom stereocenters. The molecule has 0 atom stereocenters. The van der Waals surface area contributed by atoms with Crippen molar-refractivity contribution in [1.82, 2.24) is 0 Å². The fourth-order valence-electron chi connectivity index (χ4n) is 7.64. The predicted molar refractivity (Wildman–Crippen MR) is 252 cm³/mol. The van der Waals surface area contributed by atoms with Crippen molar-refractivity contribution < 1.29 is 0 Å². The number of hydrogen-bond acceptors (Lipinski definition) is 1. The summed E-state index contributed by atoms with van der Waals surface area (Å²) in [7, 11) is 0. The maximum Gasteiger partial charge on any atom is 0.0462 e. The van der Waals surface area contributed by atoms with E-state index in [1.807, 2.05) is 0 Å². The maximum atomic E-state index is 2.32. The van der Waals surface area contributed by atoms with Crippen LogP contribution in [0.3, 0.4) is 0 Å². The molecule has 0 fully saturated rings. The molecule has 0 saturated heterocycles. The van der Waals surface area contributed by atoms with E-state index in [9.17, 15) is 0 Å². The van der Waals surface area contributed by atoms with Crippen molar-refractivity contribution in [3.8, 4) is 22.3 Å². The highest BCUT2D eigenvalue weighted by Gasteiger charge is 2.14. The largest absolute Gasteiger partial charge is 0.311 e. The third-order valence-electron chi connectivity index (χ3n) is 10.7. The average Bonchev–Trinajstić information content (AvgIpc) is 3.32. The van der Waals surface area contributed by atoms with E-state index in [2.05, 4.69) is 266 Å². The molecule has 0 saturated carbocycles. The van der Waals surface area contributed by atoms with E-state index in [4.69, 9.17) is 0 Å². The summed E-state index contributed by atoms with van der Waals surface area (Å²) in [4.78, 5) is 2.32. The van der Waals surface area contributed by atoms with Gasteiger partial charge in [0.25, 0.3) is 0 Å². The van der Waals surface area contributed by atoms with Crippen LogP contribution in [0, 0.1) is 0 Å². The lowest BCUT2D eigenvalue weighted by Crippen LogP contribution is -2.09. The topological polar surface area (TPSA) is 3.24 Å². The fraction of sp³-hybridized carbons (Fsp3) is 0. The van der Waals surface area contributed by atoms with Crippen LogP contribution >= 0.6 is 0 Å². The van der Waals surface area contributed by atoms with Crippen molar-refractivity contribution in [2.24, 2.45) is 0 Å². The van der Waals surface area contributed by atoms with Crippen LogP contribution in [-0.2, 0) is 0 Å². The molecule has 59 heavy (non-hydrogen) atoms. The molecule has 0 aliphatic carbocycles. The molecule has 0 heterocycles. The highest BCUT2D eigenvalue weighted by molar-refractivity contribution is 5.93. The molecule has 280 valence electrons. The summed E-state index contributed by atoms with van der Waals surface area (Å²) in [5.74, 6) is 0. The van der Waals surface area contributed by atoms with E-state index in [0.717, 1.165) is 17.1 Å². The van der Waals surface area contributed by atoms with Crippen molar-refractivity contribution in [2.75, 3.05) is 4.90 Å².